The van der Waals surface area contributed by atoms with E-state index in [-0.39, 0.29) is 11.3 Å². The van der Waals surface area contributed by atoms with Crippen molar-refractivity contribution in [1.82, 2.24) is 0 Å². The minimum atomic E-state index is 0.0276. The Hall–Kier alpha value is -2.20. The van der Waals surface area contributed by atoms with Crippen LogP contribution in [-0.4, -0.2) is 5.11 Å². The predicted molar refractivity (Wildman–Crippen MR) is 81.9 cm³/mol. The van der Waals surface area contributed by atoms with Crippen molar-refractivity contribution in [3.05, 3.63) is 71.9 Å². The first-order chi connectivity index (χ1) is 10.3. The van der Waals surface area contributed by atoms with Crippen LogP contribution < -0.4 is 4.57 Å². The molecule has 104 valence electrons. The molecule has 1 N–H and O–H groups in total. The number of fused-ring (bicyclic) bond motifs is 1. The highest BCUT2D eigenvalue weighted by Gasteiger charge is 2.42. The highest BCUT2D eigenvalue weighted by Crippen LogP contribution is 2.41. The maximum atomic E-state index is 10.1. The van der Waals surface area contributed by atoms with Gasteiger partial charge in [-0.05, 0) is 12.1 Å². The van der Waals surface area contributed by atoms with Gasteiger partial charge in [0, 0.05) is 5.56 Å². The number of rotatable bonds is 2. The monoisotopic (exact) mass is 296 g/mol. The first-order valence-corrected chi connectivity index (χ1v) is 7.87. The first-order valence-electron chi connectivity index (χ1n) is 6.83. The predicted octanol–water partition coefficient (Wildman–Crippen LogP) is 3.73. The largest absolute Gasteiger partial charge is 0.476 e. The first kappa shape index (κ1) is 12.5. The summed E-state index contributed by atoms with van der Waals surface area (Å²) in [5.41, 5.74) is 3.04. The van der Waals surface area contributed by atoms with Gasteiger partial charge in [-0.15, -0.1) is 4.57 Å². The molecule has 4 heteroatoms. The van der Waals surface area contributed by atoms with Crippen LogP contribution in [0, 0.1) is 0 Å². The normalized spacial score (nSPS) is 16.9. The van der Waals surface area contributed by atoms with E-state index in [1.165, 1.54) is 5.56 Å². The lowest BCUT2D eigenvalue weighted by Crippen LogP contribution is -2.37. The average molecular weight is 296 g/mol. The molecule has 2 aromatic carbocycles. The van der Waals surface area contributed by atoms with Crippen molar-refractivity contribution in [2.24, 2.45) is 0 Å². The Labute approximate surface area is 126 Å². The van der Waals surface area contributed by atoms with Crippen LogP contribution in [0.5, 0.6) is 5.95 Å². The summed E-state index contributed by atoms with van der Waals surface area (Å²) in [6, 6.07) is 20.2. The summed E-state index contributed by atoms with van der Waals surface area (Å²) in [5.74, 6) is 1.49. The molecule has 0 unspecified atom stereocenters. The zero-order chi connectivity index (χ0) is 14.2. The molecule has 1 aromatic heterocycles. The van der Waals surface area contributed by atoms with Gasteiger partial charge in [-0.3, -0.25) is 0 Å². The number of thioether (sulfide) groups is 1. The SMILES string of the molecule is Oc1oc(-c2ccccc2)[n+]2c1CS[C@@H]2c1ccccc1. The fraction of sp³-hybridized carbons (Fsp3) is 0.118. The van der Waals surface area contributed by atoms with Crippen molar-refractivity contribution in [3.8, 4) is 17.4 Å². The number of aromatic nitrogens is 1. The maximum absolute atomic E-state index is 10.1. The third-order valence-corrected chi connectivity index (χ3v) is 4.91. The van der Waals surface area contributed by atoms with Gasteiger partial charge in [0.15, 0.2) is 0 Å². The fourth-order valence-corrected chi connectivity index (χ4v) is 3.98. The van der Waals surface area contributed by atoms with Crippen molar-refractivity contribution in [3.63, 3.8) is 0 Å². The number of hydrogen-bond acceptors (Lipinski definition) is 3. The molecule has 0 amide bonds. The Morgan fingerprint density at radius 3 is 2.38 bits per heavy atom. The third-order valence-electron chi connectivity index (χ3n) is 3.67. The molecule has 0 radical (unpaired) electrons. The molecule has 3 nitrogen and oxygen atoms in total. The van der Waals surface area contributed by atoms with Gasteiger partial charge in [-0.25, -0.2) is 0 Å². The molecule has 0 fully saturated rings. The van der Waals surface area contributed by atoms with Gasteiger partial charge < -0.3 is 9.52 Å². The molecule has 1 aliphatic rings. The van der Waals surface area contributed by atoms with E-state index in [1.54, 1.807) is 11.8 Å². The van der Waals surface area contributed by atoms with Crippen LogP contribution in [-0.2, 0) is 5.75 Å². The molecule has 1 atom stereocenters. The highest BCUT2D eigenvalue weighted by molar-refractivity contribution is 7.98. The molecule has 21 heavy (non-hydrogen) atoms. The molecule has 0 spiro atoms. The van der Waals surface area contributed by atoms with Gasteiger partial charge in [0.05, 0.1) is 11.3 Å². The summed E-state index contributed by atoms with van der Waals surface area (Å²) in [6.07, 6.45) is 0. The van der Waals surface area contributed by atoms with Crippen molar-refractivity contribution in [2.45, 2.75) is 11.1 Å². The lowest BCUT2D eigenvalue weighted by molar-refractivity contribution is -0.684. The van der Waals surface area contributed by atoms with Crippen LogP contribution in [0.25, 0.3) is 11.5 Å². The van der Waals surface area contributed by atoms with Gasteiger partial charge in [0.25, 0.3) is 5.69 Å². The number of oxazole rings is 1. The van der Waals surface area contributed by atoms with Crippen LogP contribution in [0.2, 0.25) is 0 Å². The molecule has 0 saturated carbocycles. The number of aromatic hydroxyl groups is 1. The van der Waals surface area contributed by atoms with E-state index < -0.39 is 0 Å². The van der Waals surface area contributed by atoms with Crippen LogP contribution in [0.1, 0.15) is 16.6 Å². The molecule has 0 bridgehead atoms. The molecule has 0 aliphatic carbocycles. The average Bonchev–Trinajstić information content (AvgIpc) is 3.11. The molecule has 0 saturated heterocycles. The van der Waals surface area contributed by atoms with Crippen molar-refractivity contribution in [1.29, 1.82) is 0 Å². The number of hydrogen-bond donors (Lipinski definition) is 1. The van der Waals surface area contributed by atoms with E-state index in [0.717, 1.165) is 17.0 Å². The molecular formula is C17H14NO2S+. The van der Waals surface area contributed by atoms with E-state index in [0.29, 0.717) is 5.89 Å². The van der Waals surface area contributed by atoms with E-state index in [9.17, 15) is 5.11 Å². The van der Waals surface area contributed by atoms with E-state index in [2.05, 4.69) is 16.7 Å². The Balaban J connectivity index is 1.88. The highest BCUT2D eigenvalue weighted by atomic mass is 32.2. The standard InChI is InChI=1S/C17H13NO2S/c19-17-14-11-21-16(13-9-5-2-6-10-13)18(14)15(20-17)12-7-3-1-4-8-12/h1-10,16H,11H2/p+1/t16-/m1/s1. The molecule has 3 aromatic rings. The minimum absolute atomic E-state index is 0.0276. The van der Waals surface area contributed by atoms with Gasteiger partial charge in [0.1, 0.15) is 0 Å². The van der Waals surface area contributed by atoms with Gasteiger partial charge in [0.2, 0.25) is 5.37 Å². The van der Waals surface area contributed by atoms with Crippen LogP contribution in [0.4, 0.5) is 0 Å². The second-order valence-electron chi connectivity index (χ2n) is 4.97. The summed E-state index contributed by atoms with van der Waals surface area (Å²) in [7, 11) is 0. The summed E-state index contributed by atoms with van der Waals surface area (Å²) >= 11 is 1.80. The smallest absolute Gasteiger partial charge is 0.385 e. The number of benzene rings is 2. The van der Waals surface area contributed by atoms with E-state index in [4.69, 9.17) is 4.42 Å². The second kappa shape index (κ2) is 4.97. The summed E-state index contributed by atoms with van der Waals surface area (Å²) in [5, 5.41) is 10.2. The van der Waals surface area contributed by atoms with Crippen molar-refractivity contribution >= 4 is 11.8 Å². The van der Waals surface area contributed by atoms with Gasteiger partial charge >= 0.3 is 11.8 Å². The molecule has 4 rings (SSSR count). The van der Waals surface area contributed by atoms with Gasteiger partial charge in [-0.1, -0.05) is 60.3 Å². The van der Waals surface area contributed by atoms with Gasteiger partial charge in [-0.2, -0.15) is 0 Å². The van der Waals surface area contributed by atoms with Crippen LogP contribution >= 0.6 is 11.8 Å². The number of nitrogens with zero attached hydrogens (tertiary/aromatic N) is 1. The lowest BCUT2D eigenvalue weighted by Gasteiger charge is -2.05. The second-order valence-corrected chi connectivity index (χ2v) is 6.04. The van der Waals surface area contributed by atoms with Crippen LogP contribution in [0.3, 0.4) is 0 Å². The van der Waals surface area contributed by atoms with Crippen molar-refractivity contribution in [2.75, 3.05) is 0 Å². The zero-order valence-corrected chi connectivity index (χ0v) is 12.1. The Bertz CT molecular complexity index is 768. The summed E-state index contributed by atoms with van der Waals surface area (Å²) in [4.78, 5) is 0. The zero-order valence-electron chi connectivity index (χ0n) is 11.3. The van der Waals surface area contributed by atoms with Crippen molar-refractivity contribution < 1.29 is 14.1 Å². The Morgan fingerprint density at radius 1 is 1.00 bits per heavy atom. The fourth-order valence-electron chi connectivity index (χ4n) is 2.68. The summed E-state index contributed by atoms with van der Waals surface area (Å²) in [6.45, 7) is 0. The topological polar surface area (TPSA) is 37.3 Å². The third kappa shape index (κ3) is 2.03. The Kier molecular flexibility index (Phi) is 2.97. The molecule has 1 aliphatic heterocycles. The molecule has 2 heterocycles. The van der Waals surface area contributed by atoms with E-state index in [1.807, 2.05) is 48.5 Å². The lowest BCUT2D eigenvalue weighted by atomic mass is 10.2. The maximum Gasteiger partial charge on any atom is 0.385 e. The van der Waals surface area contributed by atoms with Crippen LogP contribution in [0.15, 0.2) is 65.1 Å². The Morgan fingerprint density at radius 2 is 1.67 bits per heavy atom. The summed E-state index contributed by atoms with van der Waals surface area (Å²) < 4.78 is 7.73. The van der Waals surface area contributed by atoms with E-state index >= 15 is 0 Å². The molecular weight excluding hydrogens is 282 g/mol. The minimum Gasteiger partial charge on any atom is -0.476 e. The quantitative estimate of drug-likeness (QED) is 0.732.